The second-order valence-electron chi connectivity index (χ2n) is 4.87. The highest BCUT2D eigenvalue weighted by atomic mass is 16.5. The number of hydrogen-bond acceptors (Lipinski definition) is 2. The molecule has 1 aliphatic carbocycles. The standard InChI is InChI=1S/C13H23NO/c1-11(13-7-9-15-10-13)14-8-6-12-4-2-3-5-12/h4,11,13-14H,2-3,5-10H2,1H3. The molecule has 0 aromatic rings. The fourth-order valence-electron chi connectivity index (χ4n) is 2.54. The predicted molar refractivity (Wildman–Crippen MR) is 62.9 cm³/mol. The van der Waals surface area contributed by atoms with Crippen molar-refractivity contribution in [3.05, 3.63) is 11.6 Å². The molecule has 15 heavy (non-hydrogen) atoms. The van der Waals surface area contributed by atoms with Gasteiger partial charge in [0.2, 0.25) is 0 Å². The van der Waals surface area contributed by atoms with Crippen LogP contribution in [0.3, 0.4) is 0 Å². The molecule has 1 aliphatic heterocycles. The van der Waals surface area contributed by atoms with E-state index in [4.69, 9.17) is 4.74 Å². The molecule has 1 saturated heterocycles. The third-order valence-corrected chi connectivity index (χ3v) is 3.72. The first kappa shape index (κ1) is 11.2. The van der Waals surface area contributed by atoms with Crippen molar-refractivity contribution in [2.75, 3.05) is 19.8 Å². The summed E-state index contributed by atoms with van der Waals surface area (Å²) in [4.78, 5) is 0. The summed E-state index contributed by atoms with van der Waals surface area (Å²) in [6.45, 7) is 5.35. The zero-order valence-corrected chi connectivity index (χ0v) is 9.80. The lowest BCUT2D eigenvalue weighted by Crippen LogP contribution is -2.34. The summed E-state index contributed by atoms with van der Waals surface area (Å²) in [6, 6.07) is 0.620. The van der Waals surface area contributed by atoms with E-state index >= 15 is 0 Å². The Morgan fingerprint density at radius 3 is 3.20 bits per heavy atom. The summed E-state index contributed by atoms with van der Waals surface area (Å²) in [5, 5.41) is 3.63. The van der Waals surface area contributed by atoms with Gasteiger partial charge in [-0.25, -0.2) is 0 Å². The molecule has 0 spiro atoms. The van der Waals surface area contributed by atoms with E-state index in [1.807, 2.05) is 0 Å². The van der Waals surface area contributed by atoms with Gasteiger partial charge in [0.1, 0.15) is 0 Å². The molecule has 0 amide bonds. The van der Waals surface area contributed by atoms with Crippen LogP contribution < -0.4 is 5.32 Å². The first-order valence-corrected chi connectivity index (χ1v) is 6.35. The van der Waals surface area contributed by atoms with Gasteiger partial charge >= 0.3 is 0 Å². The molecule has 1 heterocycles. The van der Waals surface area contributed by atoms with Gasteiger partial charge in [0, 0.05) is 12.6 Å². The Hall–Kier alpha value is -0.340. The maximum absolute atomic E-state index is 5.41. The Morgan fingerprint density at radius 1 is 1.60 bits per heavy atom. The topological polar surface area (TPSA) is 21.3 Å². The normalized spacial score (nSPS) is 28.1. The molecule has 86 valence electrons. The molecule has 2 rings (SSSR count). The van der Waals surface area contributed by atoms with Crippen molar-refractivity contribution in [2.45, 2.75) is 45.1 Å². The molecule has 0 bridgehead atoms. The van der Waals surface area contributed by atoms with Crippen LogP contribution in [0.2, 0.25) is 0 Å². The maximum Gasteiger partial charge on any atom is 0.0509 e. The van der Waals surface area contributed by atoms with Crippen LogP contribution in [-0.2, 0) is 4.74 Å². The van der Waals surface area contributed by atoms with Crippen molar-refractivity contribution in [2.24, 2.45) is 5.92 Å². The van der Waals surface area contributed by atoms with Crippen LogP contribution >= 0.6 is 0 Å². The van der Waals surface area contributed by atoms with Gasteiger partial charge in [-0.3, -0.25) is 0 Å². The lowest BCUT2D eigenvalue weighted by atomic mass is 10.0. The second-order valence-corrected chi connectivity index (χ2v) is 4.87. The Kier molecular flexibility index (Phi) is 4.21. The summed E-state index contributed by atoms with van der Waals surface area (Å²) >= 11 is 0. The molecule has 2 unspecified atom stereocenters. The molecule has 2 aliphatic rings. The summed E-state index contributed by atoms with van der Waals surface area (Å²) in [5.74, 6) is 0.738. The van der Waals surface area contributed by atoms with Gasteiger partial charge in [-0.1, -0.05) is 11.6 Å². The Morgan fingerprint density at radius 2 is 2.53 bits per heavy atom. The second kappa shape index (κ2) is 5.66. The summed E-state index contributed by atoms with van der Waals surface area (Å²) < 4.78 is 5.41. The molecule has 2 nitrogen and oxygen atoms in total. The van der Waals surface area contributed by atoms with Gasteiger partial charge in [0.25, 0.3) is 0 Å². The zero-order chi connectivity index (χ0) is 10.5. The lowest BCUT2D eigenvalue weighted by Gasteiger charge is -2.19. The third-order valence-electron chi connectivity index (χ3n) is 3.72. The molecule has 0 radical (unpaired) electrons. The van der Waals surface area contributed by atoms with Crippen molar-refractivity contribution in [1.29, 1.82) is 0 Å². The van der Waals surface area contributed by atoms with Crippen LogP contribution in [0.15, 0.2) is 11.6 Å². The fourth-order valence-corrected chi connectivity index (χ4v) is 2.54. The van der Waals surface area contributed by atoms with Crippen molar-refractivity contribution < 1.29 is 4.74 Å². The van der Waals surface area contributed by atoms with Crippen molar-refractivity contribution >= 4 is 0 Å². The van der Waals surface area contributed by atoms with Crippen molar-refractivity contribution in [3.8, 4) is 0 Å². The van der Waals surface area contributed by atoms with E-state index in [-0.39, 0.29) is 0 Å². The molecule has 0 saturated carbocycles. The molecule has 2 heteroatoms. The van der Waals surface area contributed by atoms with Crippen LogP contribution in [0.25, 0.3) is 0 Å². The maximum atomic E-state index is 5.41. The van der Waals surface area contributed by atoms with Crippen molar-refractivity contribution in [1.82, 2.24) is 5.32 Å². The monoisotopic (exact) mass is 209 g/mol. The minimum Gasteiger partial charge on any atom is -0.381 e. The number of allylic oxidation sites excluding steroid dienone is 1. The van der Waals surface area contributed by atoms with Crippen LogP contribution in [0.4, 0.5) is 0 Å². The van der Waals surface area contributed by atoms with Gasteiger partial charge in [-0.2, -0.15) is 0 Å². The minimum atomic E-state index is 0.620. The largest absolute Gasteiger partial charge is 0.381 e. The van der Waals surface area contributed by atoms with Gasteiger partial charge in [0.15, 0.2) is 0 Å². The first-order chi connectivity index (χ1) is 7.36. The number of rotatable bonds is 5. The fraction of sp³-hybridized carbons (Fsp3) is 0.846. The highest BCUT2D eigenvalue weighted by Gasteiger charge is 2.21. The van der Waals surface area contributed by atoms with Crippen LogP contribution in [0.1, 0.15) is 39.0 Å². The number of hydrogen-bond donors (Lipinski definition) is 1. The number of nitrogens with one attached hydrogen (secondary N) is 1. The predicted octanol–water partition coefficient (Wildman–Crippen LogP) is 2.50. The van der Waals surface area contributed by atoms with E-state index in [1.54, 1.807) is 5.57 Å². The molecular weight excluding hydrogens is 186 g/mol. The van der Waals surface area contributed by atoms with E-state index < -0.39 is 0 Å². The molecule has 1 N–H and O–H groups in total. The van der Waals surface area contributed by atoms with E-state index in [9.17, 15) is 0 Å². The number of ether oxygens (including phenoxy) is 1. The van der Waals surface area contributed by atoms with Gasteiger partial charge in [0.05, 0.1) is 6.61 Å². The Labute approximate surface area is 93.1 Å². The molecule has 0 aromatic heterocycles. The highest BCUT2D eigenvalue weighted by molar-refractivity contribution is 5.07. The summed E-state index contributed by atoms with van der Waals surface area (Å²) in [7, 11) is 0. The summed E-state index contributed by atoms with van der Waals surface area (Å²) in [6.07, 6.45) is 8.92. The molecule has 0 aromatic carbocycles. The lowest BCUT2D eigenvalue weighted by molar-refractivity contribution is 0.178. The van der Waals surface area contributed by atoms with E-state index in [0.717, 1.165) is 25.7 Å². The molecule has 2 atom stereocenters. The van der Waals surface area contributed by atoms with Gasteiger partial charge < -0.3 is 10.1 Å². The van der Waals surface area contributed by atoms with Crippen LogP contribution in [0, 0.1) is 5.92 Å². The molecular formula is C13H23NO. The summed E-state index contributed by atoms with van der Waals surface area (Å²) in [5.41, 5.74) is 1.66. The van der Waals surface area contributed by atoms with Crippen LogP contribution in [-0.4, -0.2) is 25.8 Å². The Balaban J connectivity index is 1.60. The first-order valence-electron chi connectivity index (χ1n) is 6.35. The average Bonchev–Trinajstić information content (AvgIpc) is 2.90. The molecule has 1 fully saturated rings. The smallest absolute Gasteiger partial charge is 0.0509 e. The average molecular weight is 209 g/mol. The quantitative estimate of drug-likeness (QED) is 0.702. The third kappa shape index (κ3) is 3.32. The van der Waals surface area contributed by atoms with E-state index in [1.165, 1.54) is 32.1 Å². The van der Waals surface area contributed by atoms with E-state index in [2.05, 4.69) is 18.3 Å². The van der Waals surface area contributed by atoms with Crippen molar-refractivity contribution in [3.63, 3.8) is 0 Å². The van der Waals surface area contributed by atoms with Crippen LogP contribution in [0.5, 0.6) is 0 Å². The van der Waals surface area contributed by atoms with E-state index in [0.29, 0.717) is 6.04 Å². The van der Waals surface area contributed by atoms with Gasteiger partial charge in [-0.05, 0) is 51.5 Å². The Bertz CT molecular complexity index is 219. The highest BCUT2D eigenvalue weighted by Crippen LogP contribution is 2.20. The van der Waals surface area contributed by atoms with Gasteiger partial charge in [-0.15, -0.1) is 0 Å². The SMILES string of the molecule is CC(NCCC1=CCCC1)C1CCOC1. The zero-order valence-electron chi connectivity index (χ0n) is 9.80. The minimum absolute atomic E-state index is 0.620.